The van der Waals surface area contributed by atoms with Crippen LogP contribution in [0.4, 0.5) is 0 Å². The molecule has 1 N–H and O–H groups in total. The van der Waals surface area contributed by atoms with E-state index in [1.54, 1.807) is 19.1 Å². The topological polar surface area (TPSA) is 49.8 Å². The number of carboxylic acid groups (broad SMARTS) is 1. The summed E-state index contributed by atoms with van der Waals surface area (Å²) >= 11 is 9.56. The number of carbonyl (C=O) groups is 1. The SMILES string of the molecule is CC(C(=O)O)(c1ccc(Br)cc1Cl)N1CCOCC1. The summed E-state index contributed by atoms with van der Waals surface area (Å²) in [7, 11) is 0. The van der Waals surface area contributed by atoms with Gasteiger partial charge in [-0.05, 0) is 19.1 Å². The predicted octanol–water partition coefficient (Wildman–Crippen LogP) is 2.73. The Morgan fingerprint density at radius 1 is 1.47 bits per heavy atom. The Labute approximate surface area is 125 Å². The van der Waals surface area contributed by atoms with Gasteiger partial charge in [-0.15, -0.1) is 0 Å². The first kappa shape index (κ1) is 14.8. The summed E-state index contributed by atoms with van der Waals surface area (Å²) in [5.41, 5.74) is -0.534. The number of morpholine rings is 1. The predicted molar refractivity (Wildman–Crippen MR) is 76.5 cm³/mol. The van der Waals surface area contributed by atoms with Gasteiger partial charge in [-0.2, -0.15) is 0 Å². The van der Waals surface area contributed by atoms with Gasteiger partial charge in [-0.25, -0.2) is 4.79 Å². The van der Waals surface area contributed by atoms with E-state index in [0.29, 0.717) is 36.9 Å². The van der Waals surface area contributed by atoms with Crippen LogP contribution in [0.3, 0.4) is 0 Å². The minimum Gasteiger partial charge on any atom is -0.480 e. The standard InChI is InChI=1S/C13H15BrClNO3/c1-13(12(17)18,16-4-6-19-7-5-16)10-3-2-9(14)8-11(10)15/h2-3,8H,4-7H2,1H3,(H,17,18). The first-order valence-electron chi connectivity index (χ1n) is 5.98. The average Bonchev–Trinajstić information content (AvgIpc) is 2.38. The summed E-state index contributed by atoms with van der Waals surface area (Å²) in [6, 6.07) is 5.29. The molecule has 1 fully saturated rings. The molecule has 0 radical (unpaired) electrons. The van der Waals surface area contributed by atoms with Crippen LogP contribution in [0, 0.1) is 0 Å². The van der Waals surface area contributed by atoms with Gasteiger partial charge >= 0.3 is 5.97 Å². The monoisotopic (exact) mass is 347 g/mol. The third-order valence-electron chi connectivity index (χ3n) is 3.52. The number of carboxylic acids is 1. The number of halogens is 2. The molecule has 0 spiro atoms. The van der Waals surface area contributed by atoms with Crippen LogP contribution in [-0.4, -0.2) is 42.3 Å². The van der Waals surface area contributed by atoms with Crippen LogP contribution in [0.15, 0.2) is 22.7 Å². The van der Waals surface area contributed by atoms with Crippen molar-refractivity contribution < 1.29 is 14.6 Å². The Kier molecular flexibility index (Phi) is 4.50. The Balaban J connectivity index is 2.46. The zero-order chi connectivity index (χ0) is 14.0. The quantitative estimate of drug-likeness (QED) is 0.912. The van der Waals surface area contributed by atoms with Gasteiger partial charge in [-0.3, -0.25) is 4.90 Å². The van der Waals surface area contributed by atoms with Crippen molar-refractivity contribution in [3.63, 3.8) is 0 Å². The number of ether oxygens (including phenoxy) is 1. The first-order chi connectivity index (χ1) is 8.96. The highest BCUT2D eigenvalue weighted by atomic mass is 79.9. The minimum atomic E-state index is -1.14. The molecule has 0 aliphatic carbocycles. The Morgan fingerprint density at radius 3 is 2.63 bits per heavy atom. The molecule has 1 saturated heterocycles. The molecule has 0 aromatic heterocycles. The van der Waals surface area contributed by atoms with Crippen LogP contribution in [0.1, 0.15) is 12.5 Å². The van der Waals surface area contributed by atoms with E-state index in [1.807, 2.05) is 11.0 Å². The Morgan fingerprint density at radius 2 is 2.11 bits per heavy atom. The van der Waals surface area contributed by atoms with Crippen LogP contribution in [-0.2, 0) is 15.1 Å². The van der Waals surface area contributed by atoms with Crippen molar-refractivity contribution in [1.29, 1.82) is 0 Å². The minimum absolute atomic E-state index is 0.450. The fraction of sp³-hybridized carbons (Fsp3) is 0.462. The van der Waals surface area contributed by atoms with Crippen LogP contribution in [0.25, 0.3) is 0 Å². The number of rotatable bonds is 3. The molecule has 1 aliphatic heterocycles. The maximum absolute atomic E-state index is 11.8. The third-order valence-corrected chi connectivity index (χ3v) is 4.32. The summed E-state index contributed by atoms with van der Waals surface area (Å²) in [6.07, 6.45) is 0. The zero-order valence-corrected chi connectivity index (χ0v) is 12.9. The van der Waals surface area contributed by atoms with Gasteiger partial charge in [0, 0.05) is 28.1 Å². The van der Waals surface area contributed by atoms with Crippen molar-refractivity contribution in [2.75, 3.05) is 26.3 Å². The highest BCUT2D eigenvalue weighted by molar-refractivity contribution is 9.10. The van der Waals surface area contributed by atoms with Gasteiger partial charge in [0.05, 0.1) is 13.2 Å². The second kappa shape index (κ2) is 5.79. The first-order valence-corrected chi connectivity index (χ1v) is 7.15. The van der Waals surface area contributed by atoms with Crippen LogP contribution >= 0.6 is 27.5 Å². The maximum atomic E-state index is 11.8. The molecule has 1 heterocycles. The molecule has 4 nitrogen and oxygen atoms in total. The number of aliphatic carboxylic acids is 1. The normalized spacial score (nSPS) is 19.9. The molecule has 1 aliphatic rings. The van der Waals surface area contributed by atoms with Crippen molar-refractivity contribution >= 4 is 33.5 Å². The van der Waals surface area contributed by atoms with E-state index in [4.69, 9.17) is 16.3 Å². The largest absolute Gasteiger partial charge is 0.480 e. The lowest BCUT2D eigenvalue weighted by Gasteiger charge is -2.40. The summed E-state index contributed by atoms with van der Waals surface area (Å²) in [6.45, 7) is 3.92. The van der Waals surface area contributed by atoms with Gasteiger partial charge in [0.2, 0.25) is 0 Å². The second-order valence-corrected chi connectivity index (χ2v) is 5.92. The lowest BCUT2D eigenvalue weighted by molar-refractivity contribution is -0.154. The fourth-order valence-electron chi connectivity index (χ4n) is 2.32. The summed E-state index contributed by atoms with van der Waals surface area (Å²) < 4.78 is 6.11. The van der Waals surface area contributed by atoms with Crippen molar-refractivity contribution in [2.45, 2.75) is 12.5 Å². The van der Waals surface area contributed by atoms with E-state index < -0.39 is 11.5 Å². The van der Waals surface area contributed by atoms with Crippen molar-refractivity contribution in [3.8, 4) is 0 Å². The molecule has 2 rings (SSSR count). The molecule has 1 aromatic rings. The Bertz CT molecular complexity index is 491. The Hall–Kier alpha value is -0.620. The van der Waals surface area contributed by atoms with Crippen LogP contribution in [0.5, 0.6) is 0 Å². The maximum Gasteiger partial charge on any atom is 0.328 e. The molecule has 0 saturated carbocycles. The van der Waals surface area contributed by atoms with Crippen molar-refractivity contribution in [2.24, 2.45) is 0 Å². The molecular formula is C13H15BrClNO3. The second-order valence-electron chi connectivity index (χ2n) is 4.60. The number of benzene rings is 1. The van der Waals surface area contributed by atoms with Crippen LogP contribution < -0.4 is 0 Å². The van der Waals surface area contributed by atoms with E-state index in [0.717, 1.165) is 4.47 Å². The molecule has 6 heteroatoms. The number of hydrogen-bond acceptors (Lipinski definition) is 3. The van der Waals surface area contributed by atoms with E-state index in [-0.39, 0.29) is 0 Å². The molecule has 1 unspecified atom stereocenters. The molecule has 104 valence electrons. The van der Waals surface area contributed by atoms with Crippen LogP contribution in [0.2, 0.25) is 5.02 Å². The zero-order valence-electron chi connectivity index (χ0n) is 10.5. The van der Waals surface area contributed by atoms with Gasteiger partial charge in [0.25, 0.3) is 0 Å². The van der Waals surface area contributed by atoms with Gasteiger partial charge < -0.3 is 9.84 Å². The fourth-order valence-corrected chi connectivity index (χ4v) is 3.17. The molecule has 1 aromatic carbocycles. The van der Waals surface area contributed by atoms with Gasteiger partial charge in [0.1, 0.15) is 5.54 Å². The average molecular weight is 349 g/mol. The smallest absolute Gasteiger partial charge is 0.328 e. The van der Waals surface area contributed by atoms with Gasteiger partial charge in [-0.1, -0.05) is 33.6 Å². The summed E-state index contributed by atoms with van der Waals surface area (Å²) in [5, 5.41) is 10.1. The van der Waals surface area contributed by atoms with E-state index >= 15 is 0 Å². The van der Waals surface area contributed by atoms with E-state index in [2.05, 4.69) is 15.9 Å². The van der Waals surface area contributed by atoms with E-state index in [1.165, 1.54) is 0 Å². The lowest BCUT2D eigenvalue weighted by atomic mass is 9.89. The molecule has 1 atom stereocenters. The summed E-state index contributed by atoms with van der Waals surface area (Å²) in [4.78, 5) is 13.7. The highest BCUT2D eigenvalue weighted by Crippen LogP contribution is 2.35. The molecule has 19 heavy (non-hydrogen) atoms. The number of hydrogen-bond donors (Lipinski definition) is 1. The number of nitrogens with zero attached hydrogens (tertiary/aromatic N) is 1. The highest BCUT2D eigenvalue weighted by Gasteiger charge is 2.43. The van der Waals surface area contributed by atoms with Gasteiger partial charge in [0.15, 0.2) is 0 Å². The lowest BCUT2D eigenvalue weighted by Crippen LogP contribution is -2.54. The summed E-state index contributed by atoms with van der Waals surface area (Å²) in [5.74, 6) is -0.904. The third kappa shape index (κ3) is 2.79. The van der Waals surface area contributed by atoms with Crippen molar-refractivity contribution in [1.82, 2.24) is 4.90 Å². The van der Waals surface area contributed by atoms with Crippen molar-refractivity contribution in [3.05, 3.63) is 33.3 Å². The van der Waals surface area contributed by atoms with E-state index in [9.17, 15) is 9.90 Å². The molecule has 0 bridgehead atoms. The molecular weight excluding hydrogens is 334 g/mol. The molecule has 0 amide bonds.